The zero-order chi connectivity index (χ0) is 8.91. The fourth-order valence-corrected chi connectivity index (χ4v) is 0.947. The zero-order valence-electron chi connectivity index (χ0n) is 7.04. The molecule has 0 aromatic heterocycles. The van der Waals surface area contributed by atoms with Gasteiger partial charge in [-0.05, 0) is 12.8 Å². The molecule has 0 amide bonds. The van der Waals surface area contributed by atoms with Crippen LogP contribution in [0, 0.1) is 0 Å². The van der Waals surface area contributed by atoms with Crippen LogP contribution in [0.3, 0.4) is 0 Å². The molecule has 0 bridgehead atoms. The molecule has 0 aliphatic carbocycles. The molecule has 0 aliphatic rings. The van der Waals surface area contributed by atoms with Crippen LogP contribution in [-0.2, 0) is 0 Å². The lowest BCUT2D eigenvalue weighted by molar-refractivity contribution is 0.288. The van der Waals surface area contributed by atoms with Crippen molar-refractivity contribution in [2.24, 2.45) is 10.9 Å². The Bertz CT molecular complexity index is 141. The van der Waals surface area contributed by atoms with Gasteiger partial charge in [0.25, 0.3) is 0 Å². The van der Waals surface area contributed by atoms with Crippen LogP contribution in [0.15, 0.2) is 5.16 Å². The van der Waals surface area contributed by atoms with Crippen molar-refractivity contribution in [2.45, 2.75) is 32.2 Å². The molecular formula is C7H16N2O2. The number of hydrogen-bond acceptors (Lipinski definition) is 4. The third-order valence-corrected chi connectivity index (χ3v) is 2.11. The van der Waals surface area contributed by atoms with Gasteiger partial charge in [-0.25, -0.2) is 0 Å². The number of aliphatic hydroxyl groups excluding tert-OH is 1. The fourth-order valence-electron chi connectivity index (χ4n) is 0.947. The van der Waals surface area contributed by atoms with Gasteiger partial charge < -0.3 is 16.0 Å². The average molecular weight is 160 g/mol. The Hall–Kier alpha value is -0.610. The average Bonchev–Trinajstić information content (AvgIpc) is 2.06. The first-order valence-electron chi connectivity index (χ1n) is 3.75. The summed E-state index contributed by atoms with van der Waals surface area (Å²) in [5.41, 5.74) is 5.41. The van der Waals surface area contributed by atoms with Gasteiger partial charge >= 0.3 is 0 Å². The van der Waals surface area contributed by atoms with E-state index in [9.17, 15) is 0 Å². The molecule has 0 fully saturated rings. The van der Waals surface area contributed by atoms with E-state index >= 15 is 0 Å². The van der Waals surface area contributed by atoms with Crippen molar-refractivity contribution in [3.8, 4) is 0 Å². The summed E-state index contributed by atoms with van der Waals surface area (Å²) >= 11 is 0. The first-order chi connectivity index (χ1) is 5.14. The second-order valence-corrected chi connectivity index (χ2v) is 2.57. The van der Waals surface area contributed by atoms with E-state index in [0.29, 0.717) is 12.8 Å². The lowest BCUT2D eigenvalue weighted by Crippen LogP contribution is -2.48. The van der Waals surface area contributed by atoms with Crippen LogP contribution >= 0.6 is 0 Å². The summed E-state index contributed by atoms with van der Waals surface area (Å²) < 4.78 is 0. The van der Waals surface area contributed by atoms with Gasteiger partial charge in [0, 0.05) is 0 Å². The minimum atomic E-state index is -0.649. The smallest absolute Gasteiger partial charge is 0.102 e. The molecule has 4 nitrogen and oxygen atoms in total. The molecule has 66 valence electrons. The second kappa shape index (κ2) is 4.31. The van der Waals surface area contributed by atoms with E-state index < -0.39 is 5.54 Å². The first kappa shape index (κ1) is 10.4. The van der Waals surface area contributed by atoms with Gasteiger partial charge in [0.05, 0.1) is 12.1 Å². The number of rotatable bonds is 4. The van der Waals surface area contributed by atoms with Crippen molar-refractivity contribution in [2.75, 3.05) is 6.61 Å². The Morgan fingerprint density at radius 3 is 2.00 bits per heavy atom. The SMILES string of the molecule is CCC(N)(CC)/C(CO)=N/O. The van der Waals surface area contributed by atoms with E-state index in [1.807, 2.05) is 13.8 Å². The highest BCUT2D eigenvalue weighted by Crippen LogP contribution is 2.13. The number of aliphatic hydroxyl groups is 1. The summed E-state index contributed by atoms with van der Waals surface area (Å²) in [6.07, 6.45) is 1.31. The summed E-state index contributed by atoms with van der Waals surface area (Å²) in [7, 11) is 0. The van der Waals surface area contributed by atoms with E-state index in [1.165, 1.54) is 0 Å². The Kier molecular flexibility index (Phi) is 4.07. The number of oxime groups is 1. The molecule has 0 aromatic carbocycles. The first-order valence-corrected chi connectivity index (χ1v) is 3.75. The molecule has 0 aromatic rings. The lowest BCUT2D eigenvalue weighted by atomic mass is 9.89. The quantitative estimate of drug-likeness (QED) is 0.315. The minimum Gasteiger partial charge on any atom is -0.411 e. The fraction of sp³-hybridized carbons (Fsp3) is 0.857. The van der Waals surface area contributed by atoms with Gasteiger partial charge in [-0.2, -0.15) is 0 Å². The minimum absolute atomic E-state index is 0.252. The van der Waals surface area contributed by atoms with Crippen LogP contribution in [0.25, 0.3) is 0 Å². The van der Waals surface area contributed by atoms with Gasteiger partial charge in [0.1, 0.15) is 5.71 Å². The Morgan fingerprint density at radius 1 is 1.45 bits per heavy atom. The summed E-state index contributed by atoms with van der Waals surface area (Å²) in [6, 6.07) is 0. The predicted octanol–water partition coefficient (Wildman–Crippen LogP) is 0.326. The van der Waals surface area contributed by atoms with E-state index in [4.69, 9.17) is 16.0 Å². The standard InChI is InChI=1S/C7H16N2O2/c1-3-7(8,4-2)6(5-10)9-11/h10-11H,3-5,8H2,1-2H3/b9-6+. The highest BCUT2D eigenvalue weighted by molar-refractivity contribution is 5.93. The Labute approximate surface area is 66.7 Å². The van der Waals surface area contributed by atoms with Gasteiger partial charge in [0.2, 0.25) is 0 Å². The van der Waals surface area contributed by atoms with E-state index in [1.54, 1.807) is 0 Å². The number of hydrogen-bond donors (Lipinski definition) is 3. The largest absolute Gasteiger partial charge is 0.411 e. The lowest BCUT2D eigenvalue weighted by Gasteiger charge is -2.25. The molecule has 0 radical (unpaired) electrons. The van der Waals surface area contributed by atoms with Crippen LogP contribution in [0.5, 0.6) is 0 Å². The third-order valence-electron chi connectivity index (χ3n) is 2.11. The van der Waals surface area contributed by atoms with Gasteiger partial charge in [-0.3, -0.25) is 0 Å². The molecule has 0 rings (SSSR count). The van der Waals surface area contributed by atoms with Crippen LogP contribution in [0.4, 0.5) is 0 Å². The molecule has 0 saturated carbocycles. The van der Waals surface area contributed by atoms with Crippen molar-refractivity contribution in [3.05, 3.63) is 0 Å². The molecule has 0 unspecified atom stereocenters. The summed E-state index contributed by atoms with van der Waals surface area (Å²) in [6.45, 7) is 3.50. The van der Waals surface area contributed by atoms with E-state index in [-0.39, 0.29) is 12.3 Å². The van der Waals surface area contributed by atoms with Crippen molar-refractivity contribution in [1.82, 2.24) is 0 Å². The van der Waals surface area contributed by atoms with Crippen molar-refractivity contribution < 1.29 is 10.3 Å². The molecular weight excluding hydrogens is 144 g/mol. The molecule has 4 N–H and O–H groups in total. The van der Waals surface area contributed by atoms with Crippen LogP contribution in [-0.4, -0.2) is 28.2 Å². The monoisotopic (exact) mass is 160 g/mol. The van der Waals surface area contributed by atoms with Crippen molar-refractivity contribution in [3.63, 3.8) is 0 Å². The molecule has 0 atom stereocenters. The molecule has 11 heavy (non-hydrogen) atoms. The maximum Gasteiger partial charge on any atom is 0.102 e. The van der Waals surface area contributed by atoms with Crippen molar-refractivity contribution >= 4 is 5.71 Å². The van der Waals surface area contributed by atoms with Crippen molar-refractivity contribution in [1.29, 1.82) is 0 Å². The highest BCUT2D eigenvalue weighted by Gasteiger charge is 2.27. The summed E-state index contributed by atoms with van der Waals surface area (Å²) in [4.78, 5) is 0. The Balaban J connectivity index is 4.46. The van der Waals surface area contributed by atoms with Gasteiger partial charge in [-0.15, -0.1) is 0 Å². The van der Waals surface area contributed by atoms with Crippen LogP contribution in [0.1, 0.15) is 26.7 Å². The van der Waals surface area contributed by atoms with Crippen LogP contribution < -0.4 is 5.73 Å². The highest BCUT2D eigenvalue weighted by atomic mass is 16.4. The molecule has 0 saturated heterocycles. The van der Waals surface area contributed by atoms with E-state index in [0.717, 1.165) is 0 Å². The number of nitrogens with zero attached hydrogens (tertiary/aromatic N) is 1. The van der Waals surface area contributed by atoms with Gasteiger partial charge in [0.15, 0.2) is 0 Å². The topological polar surface area (TPSA) is 78.8 Å². The maximum atomic E-state index is 8.75. The second-order valence-electron chi connectivity index (χ2n) is 2.57. The molecule has 0 spiro atoms. The van der Waals surface area contributed by atoms with E-state index in [2.05, 4.69) is 5.16 Å². The summed E-state index contributed by atoms with van der Waals surface area (Å²) in [5, 5.41) is 20.2. The molecule has 0 heterocycles. The zero-order valence-corrected chi connectivity index (χ0v) is 7.04. The third kappa shape index (κ3) is 2.17. The molecule has 0 aliphatic heterocycles. The Morgan fingerprint density at radius 2 is 1.91 bits per heavy atom. The summed E-state index contributed by atoms with van der Waals surface area (Å²) in [5.74, 6) is 0. The van der Waals surface area contributed by atoms with Crippen LogP contribution in [0.2, 0.25) is 0 Å². The predicted molar refractivity (Wildman–Crippen MR) is 43.8 cm³/mol. The maximum absolute atomic E-state index is 8.75. The van der Waals surface area contributed by atoms with Gasteiger partial charge in [-0.1, -0.05) is 19.0 Å². The normalized spacial score (nSPS) is 13.6. The molecule has 4 heteroatoms. The number of nitrogens with two attached hydrogens (primary N) is 1.